The molecular weight excluding hydrogens is 580 g/mol. The quantitative estimate of drug-likeness (QED) is 0.171. The standard InChI is InChI=1S/C30H35ClN4O6S/c31-19-22-20-35(28-18-27(32)26-17-24(6-7-25(26)30(22)28)42(38,39)33-9-13-36)29(37)8-3-21-1-4-23(5-2-21)41-16-12-34-10-14-40-15-11-34/h1-8,17-18,22,33,36H,9-16,19-20,32H2/b8-3+. The molecule has 2 heterocycles. The Morgan fingerprint density at radius 2 is 1.90 bits per heavy atom. The molecular formula is C30H35ClN4O6S. The summed E-state index contributed by atoms with van der Waals surface area (Å²) in [5.41, 5.74) is 9.12. The van der Waals surface area contributed by atoms with Crippen LogP contribution in [0.25, 0.3) is 16.8 Å². The maximum Gasteiger partial charge on any atom is 0.251 e. The van der Waals surface area contributed by atoms with Gasteiger partial charge in [-0.25, -0.2) is 13.1 Å². The fourth-order valence-corrected chi connectivity index (χ4v) is 6.61. The number of nitrogen functional groups attached to an aromatic ring is 1. The molecule has 5 rings (SSSR count). The van der Waals surface area contributed by atoms with E-state index in [9.17, 15) is 13.2 Å². The average Bonchev–Trinajstić information content (AvgIpc) is 3.38. The molecule has 2 aliphatic heterocycles. The Hall–Kier alpha value is -3.19. The summed E-state index contributed by atoms with van der Waals surface area (Å²) < 4.78 is 38.8. The SMILES string of the molecule is Nc1cc2c(c3ccc(S(=O)(=O)NCCO)cc13)C(CCl)CN2C(=O)/C=C/c1ccc(OCCN2CCOCC2)cc1. The van der Waals surface area contributed by atoms with Crippen molar-refractivity contribution in [1.82, 2.24) is 9.62 Å². The summed E-state index contributed by atoms with van der Waals surface area (Å²) in [6.07, 6.45) is 3.28. The molecule has 0 aliphatic carbocycles. The molecule has 1 fully saturated rings. The fourth-order valence-electron chi connectivity index (χ4n) is 5.32. The van der Waals surface area contributed by atoms with E-state index in [1.807, 2.05) is 24.3 Å². The first kappa shape index (κ1) is 30.3. The topological polar surface area (TPSA) is 134 Å². The van der Waals surface area contributed by atoms with Crippen molar-refractivity contribution in [2.24, 2.45) is 0 Å². The lowest BCUT2D eigenvalue weighted by Gasteiger charge is -2.26. The molecule has 12 heteroatoms. The maximum absolute atomic E-state index is 13.3. The number of carbonyl (C=O) groups is 1. The largest absolute Gasteiger partial charge is 0.492 e. The number of hydrogen-bond acceptors (Lipinski definition) is 8. The number of aliphatic hydroxyl groups is 1. The summed E-state index contributed by atoms with van der Waals surface area (Å²) in [4.78, 5) is 17.4. The molecule has 2 aliphatic rings. The van der Waals surface area contributed by atoms with E-state index in [1.54, 1.807) is 23.1 Å². The van der Waals surface area contributed by atoms with E-state index < -0.39 is 10.0 Å². The van der Waals surface area contributed by atoms with Gasteiger partial charge in [-0.05, 0) is 52.9 Å². The number of carbonyl (C=O) groups excluding carboxylic acids is 1. The molecule has 3 aromatic carbocycles. The van der Waals surface area contributed by atoms with Gasteiger partial charge < -0.3 is 25.2 Å². The summed E-state index contributed by atoms with van der Waals surface area (Å²) in [5, 5.41) is 10.3. The minimum Gasteiger partial charge on any atom is -0.492 e. The molecule has 1 amide bonds. The summed E-state index contributed by atoms with van der Waals surface area (Å²) in [7, 11) is -3.81. The molecule has 4 N–H and O–H groups in total. The Labute approximate surface area is 250 Å². The van der Waals surface area contributed by atoms with E-state index in [1.165, 1.54) is 18.2 Å². The van der Waals surface area contributed by atoms with Gasteiger partial charge in [-0.3, -0.25) is 9.69 Å². The molecule has 1 unspecified atom stereocenters. The van der Waals surface area contributed by atoms with E-state index in [0.29, 0.717) is 29.9 Å². The van der Waals surface area contributed by atoms with Crippen molar-refractivity contribution in [3.05, 3.63) is 65.7 Å². The molecule has 0 bridgehead atoms. The third kappa shape index (κ3) is 6.72. The monoisotopic (exact) mass is 614 g/mol. The van der Waals surface area contributed by atoms with Crippen LogP contribution in [0.4, 0.5) is 11.4 Å². The minimum absolute atomic E-state index is 0.0416. The van der Waals surface area contributed by atoms with Gasteiger partial charge in [0.2, 0.25) is 10.0 Å². The molecule has 0 aromatic heterocycles. The number of fused-ring (bicyclic) bond motifs is 3. The number of benzene rings is 3. The fraction of sp³-hybridized carbons (Fsp3) is 0.367. The highest BCUT2D eigenvalue weighted by Gasteiger charge is 2.33. The molecule has 1 saturated heterocycles. The predicted molar refractivity (Wildman–Crippen MR) is 165 cm³/mol. The number of amides is 1. The normalized spacial score (nSPS) is 17.7. The summed E-state index contributed by atoms with van der Waals surface area (Å²) >= 11 is 6.34. The Bertz CT molecular complexity index is 1560. The van der Waals surface area contributed by atoms with Crippen LogP contribution in [0.5, 0.6) is 5.75 Å². The van der Waals surface area contributed by atoms with E-state index in [0.717, 1.165) is 55.1 Å². The van der Waals surface area contributed by atoms with Crippen LogP contribution in [0.3, 0.4) is 0 Å². The van der Waals surface area contributed by atoms with Gasteiger partial charge in [-0.1, -0.05) is 18.2 Å². The first-order chi connectivity index (χ1) is 20.3. The van der Waals surface area contributed by atoms with Crippen molar-refractivity contribution in [2.75, 3.05) is 75.7 Å². The number of rotatable bonds is 11. The van der Waals surface area contributed by atoms with Gasteiger partial charge in [-0.2, -0.15) is 0 Å². The molecule has 0 radical (unpaired) electrons. The van der Waals surface area contributed by atoms with Crippen LogP contribution in [0.1, 0.15) is 17.0 Å². The van der Waals surface area contributed by atoms with Crippen molar-refractivity contribution < 1.29 is 27.8 Å². The number of nitrogens with two attached hydrogens (primary N) is 1. The summed E-state index contributed by atoms with van der Waals surface area (Å²) in [6.45, 7) is 4.79. The third-order valence-corrected chi connectivity index (χ3v) is 9.34. The highest BCUT2D eigenvalue weighted by atomic mass is 35.5. The number of alkyl halides is 1. The third-order valence-electron chi connectivity index (χ3n) is 7.51. The summed E-state index contributed by atoms with van der Waals surface area (Å²) in [5.74, 6) is 0.699. The van der Waals surface area contributed by atoms with Gasteiger partial charge >= 0.3 is 0 Å². The van der Waals surface area contributed by atoms with Gasteiger partial charge in [0.1, 0.15) is 12.4 Å². The van der Waals surface area contributed by atoms with E-state index in [-0.39, 0.29) is 35.8 Å². The van der Waals surface area contributed by atoms with Crippen molar-refractivity contribution in [2.45, 2.75) is 10.8 Å². The number of hydrogen-bond donors (Lipinski definition) is 3. The number of halogens is 1. The number of ether oxygens (including phenoxy) is 2. The Morgan fingerprint density at radius 3 is 2.62 bits per heavy atom. The number of nitrogens with zero attached hydrogens (tertiary/aromatic N) is 2. The van der Waals surface area contributed by atoms with Crippen LogP contribution >= 0.6 is 11.6 Å². The second-order valence-corrected chi connectivity index (χ2v) is 12.3. The summed E-state index contributed by atoms with van der Waals surface area (Å²) in [6, 6.07) is 14.0. The molecule has 3 aromatic rings. The van der Waals surface area contributed by atoms with Crippen molar-refractivity contribution in [3.8, 4) is 5.75 Å². The van der Waals surface area contributed by atoms with Crippen molar-refractivity contribution in [1.29, 1.82) is 0 Å². The molecule has 224 valence electrons. The van der Waals surface area contributed by atoms with Crippen LogP contribution in [-0.2, 0) is 19.6 Å². The molecule has 1 atom stereocenters. The van der Waals surface area contributed by atoms with E-state index in [4.69, 9.17) is 31.9 Å². The first-order valence-electron chi connectivity index (χ1n) is 13.9. The molecule has 42 heavy (non-hydrogen) atoms. The Balaban J connectivity index is 1.30. The highest BCUT2D eigenvalue weighted by Crippen LogP contribution is 2.44. The van der Waals surface area contributed by atoms with Crippen LogP contribution in [0.2, 0.25) is 0 Å². The lowest BCUT2D eigenvalue weighted by atomic mass is 9.95. The molecule has 0 spiro atoms. The van der Waals surface area contributed by atoms with Crippen LogP contribution in [0, 0.1) is 0 Å². The van der Waals surface area contributed by atoms with Crippen molar-refractivity contribution >= 4 is 55.8 Å². The predicted octanol–water partition coefficient (Wildman–Crippen LogP) is 2.79. The smallest absolute Gasteiger partial charge is 0.251 e. The number of morpholine rings is 1. The van der Waals surface area contributed by atoms with E-state index in [2.05, 4.69) is 9.62 Å². The number of anilines is 2. The second-order valence-electron chi connectivity index (χ2n) is 10.2. The Morgan fingerprint density at radius 1 is 1.14 bits per heavy atom. The van der Waals surface area contributed by atoms with Crippen LogP contribution < -0.4 is 20.1 Å². The van der Waals surface area contributed by atoms with Gasteiger partial charge in [0.15, 0.2) is 0 Å². The van der Waals surface area contributed by atoms with Gasteiger partial charge in [0.25, 0.3) is 5.91 Å². The van der Waals surface area contributed by atoms with Gasteiger partial charge in [0, 0.05) is 61.7 Å². The van der Waals surface area contributed by atoms with Crippen LogP contribution in [0.15, 0.2) is 59.5 Å². The lowest BCUT2D eigenvalue weighted by Crippen LogP contribution is -2.38. The first-order valence-corrected chi connectivity index (χ1v) is 15.9. The minimum atomic E-state index is -3.81. The van der Waals surface area contributed by atoms with E-state index >= 15 is 0 Å². The number of nitrogens with one attached hydrogen (secondary N) is 1. The molecule has 10 nitrogen and oxygen atoms in total. The van der Waals surface area contributed by atoms with Crippen molar-refractivity contribution in [3.63, 3.8) is 0 Å². The Kier molecular flexibility index (Phi) is 9.67. The zero-order chi connectivity index (χ0) is 29.7. The van der Waals surface area contributed by atoms with Gasteiger partial charge in [0.05, 0.1) is 30.4 Å². The second kappa shape index (κ2) is 13.4. The highest BCUT2D eigenvalue weighted by molar-refractivity contribution is 7.89. The lowest BCUT2D eigenvalue weighted by molar-refractivity contribution is -0.114. The zero-order valence-electron chi connectivity index (χ0n) is 23.2. The van der Waals surface area contributed by atoms with Gasteiger partial charge in [-0.15, -0.1) is 11.6 Å². The zero-order valence-corrected chi connectivity index (χ0v) is 24.7. The number of aliphatic hydroxyl groups excluding tert-OH is 1. The average molecular weight is 615 g/mol. The number of sulfonamides is 1. The van der Waals surface area contributed by atoms with Crippen LogP contribution in [-0.4, -0.2) is 89.4 Å². The maximum atomic E-state index is 13.3. The molecule has 0 saturated carbocycles.